The van der Waals surface area contributed by atoms with Crippen LogP contribution in [0.2, 0.25) is 5.02 Å². The van der Waals surface area contributed by atoms with Crippen LogP contribution in [0.1, 0.15) is 27.5 Å². The van der Waals surface area contributed by atoms with Crippen molar-refractivity contribution in [1.82, 2.24) is 15.2 Å². The third-order valence-electron chi connectivity index (χ3n) is 3.26. The molecule has 3 rings (SSSR count). The second-order valence-corrected chi connectivity index (χ2v) is 7.76. The van der Waals surface area contributed by atoms with Gasteiger partial charge in [0.05, 0.1) is 5.69 Å². The summed E-state index contributed by atoms with van der Waals surface area (Å²) in [6, 6.07) is 6.60. The number of thiazole rings is 1. The zero-order chi connectivity index (χ0) is 18.5. The molecule has 0 fully saturated rings. The number of amides is 2. The molecule has 134 valence electrons. The third-order valence-corrected chi connectivity index (χ3v) is 5.07. The van der Waals surface area contributed by atoms with Crippen LogP contribution in [0, 0.1) is 6.92 Å². The van der Waals surface area contributed by atoms with Gasteiger partial charge in [-0.15, -0.1) is 21.5 Å². The average molecular weight is 408 g/mol. The van der Waals surface area contributed by atoms with E-state index in [0.29, 0.717) is 27.3 Å². The number of hydrogen-bond donors (Lipinski definition) is 2. The van der Waals surface area contributed by atoms with Gasteiger partial charge in [-0.25, -0.2) is 4.98 Å². The summed E-state index contributed by atoms with van der Waals surface area (Å²) in [4.78, 5) is 28.4. The topological polar surface area (TPSA) is 96.9 Å². The van der Waals surface area contributed by atoms with E-state index in [9.17, 15) is 9.59 Å². The second-order valence-electron chi connectivity index (χ2n) is 5.28. The smallest absolute Gasteiger partial charge is 0.257 e. The first kappa shape index (κ1) is 18.4. The molecule has 0 saturated carbocycles. The monoisotopic (exact) mass is 407 g/mol. The maximum absolute atomic E-state index is 12.1. The van der Waals surface area contributed by atoms with E-state index in [0.717, 1.165) is 10.7 Å². The summed E-state index contributed by atoms with van der Waals surface area (Å²) in [5, 5.41) is 17.3. The van der Waals surface area contributed by atoms with Gasteiger partial charge in [0, 0.05) is 22.4 Å². The number of aromatic nitrogens is 3. The molecule has 7 nitrogen and oxygen atoms in total. The number of aryl methyl sites for hydroxylation is 2. The van der Waals surface area contributed by atoms with E-state index in [1.807, 2.05) is 12.3 Å². The summed E-state index contributed by atoms with van der Waals surface area (Å²) in [6.45, 7) is 1.82. The molecular weight excluding hydrogens is 394 g/mol. The van der Waals surface area contributed by atoms with Crippen molar-refractivity contribution in [2.75, 3.05) is 10.6 Å². The Morgan fingerprint density at radius 3 is 2.58 bits per heavy atom. The van der Waals surface area contributed by atoms with Crippen LogP contribution in [0.25, 0.3) is 0 Å². The van der Waals surface area contributed by atoms with Crippen molar-refractivity contribution in [2.45, 2.75) is 19.8 Å². The lowest BCUT2D eigenvalue weighted by Gasteiger charge is -2.02. The zero-order valence-electron chi connectivity index (χ0n) is 13.7. The molecule has 0 spiro atoms. The molecule has 0 saturated heterocycles. The van der Waals surface area contributed by atoms with Crippen molar-refractivity contribution < 1.29 is 9.59 Å². The Hall–Kier alpha value is -2.36. The minimum absolute atomic E-state index is 0.152. The second kappa shape index (κ2) is 8.35. The Balaban J connectivity index is 1.50. The van der Waals surface area contributed by atoms with Gasteiger partial charge in [-0.1, -0.05) is 22.9 Å². The first-order valence-electron chi connectivity index (χ1n) is 7.61. The van der Waals surface area contributed by atoms with Gasteiger partial charge in [0.2, 0.25) is 11.0 Å². The molecule has 0 unspecified atom stereocenters. The Kier molecular flexibility index (Phi) is 5.92. The lowest BCUT2D eigenvalue weighted by molar-refractivity contribution is -0.116. The summed E-state index contributed by atoms with van der Waals surface area (Å²) >= 11 is 8.45. The molecule has 2 N–H and O–H groups in total. The first-order valence-corrected chi connectivity index (χ1v) is 9.68. The van der Waals surface area contributed by atoms with Gasteiger partial charge in [-0.3, -0.25) is 14.9 Å². The minimum Gasteiger partial charge on any atom is -0.301 e. The van der Waals surface area contributed by atoms with E-state index in [1.165, 1.54) is 22.7 Å². The Labute approximate surface area is 162 Å². The van der Waals surface area contributed by atoms with Gasteiger partial charge >= 0.3 is 0 Å². The fourth-order valence-corrected chi connectivity index (χ4v) is 3.49. The van der Waals surface area contributed by atoms with Gasteiger partial charge in [0.25, 0.3) is 5.91 Å². The third kappa shape index (κ3) is 5.07. The molecule has 2 heterocycles. The highest BCUT2D eigenvalue weighted by atomic mass is 35.5. The maximum Gasteiger partial charge on any atom is 0.257 e. The number of hydrogen-bond acceptors (Lipinski definition) is 7. The van der Waals surface area contributed by atoms with Crippen LogP contribution in [-0.2, 0) is 11.2 Å². The summed E-state index contributed by atoms with van der Waals surface area (Å²) < 4.78 is 0. The number of rotatable bonds is 6. The Bertz CT molecular complexity index is 923. The fraction of sp³-hybridized carbons (Fsp3) is 0.188. The predicted molar refractivity (Wildman–Crippen MR) is 103 cm³/mol. The van der Waals surface area contributed by atoms with E-state index in [2.05, 4.69) is 25.8 Å². The molecule has 3 aromatic rings. The summed E-state index contributed by atoms with van der Waals surface area (Å²) in [5.74, 6) is -0.409. The van der Waals surface area contributed by atoms with Gasteiger partial charge in [0.15, 0.2) is 5.13 Å². The highest BCUT2D eigenvalue weighted by Gasteiger charge is 2.11. The van der Waals surface area contributed by atoms with Crippen molar-refractivity contribution in [3.8, 4) is 0 Å². The van der Waals surface area contributed by atoms with Crippen molar-refractivity contribution >= 4 is 56.4 Å². The standard InChI is InChI=1S/C16H14ClN5O2S2/c1-9-21-22-16(26-9)19-13(23)7-6-12-8-25-15(18-12)20-14(24)10-2-4-11(17)5-3-10/h2-5,8H,6-7H2,1H3,(H,18,20,24)(H,19,22,23). The summed E-state index contributed by atoms with van der Waals surface area (Å²) in [7, 11) is 0. The van der Waals surface area contributed by atoms with Crippen LogP contribution < -0.4 is 10.6 Å². The maximum atomic E-state index is 12.1. The molecule has 0 atom stereocenters. The minimum atomic E-state index is -0.257. The molecule has 0 bridgehead atoms. The molecular formula is C16H14ClN5O2S2. The lowest BCUT2D eigenvalue weighted by atomic mass is 10.2. The number of anilines is 2. The number of benzene rings is 1. The summed E-state index contributed by atoms with van der Waals surface area (Å²) in [6.07, 6.45) is 0.740. The van der Waals surface area contributed by atoms with Crippen LogP contribution >= 0.6 is 34.3 Å². The van der Waals surface area contributed by atoms with Gasteiger partial charge in [-0.2, -0.15) is 0 Å². The van der Waals surface area contributed by atoms with Crippen LogP contribution in [-0.4, -0.2) is 27.0 Å². The van der Waals surface area contributed by atoms with E-state index >= 15 is 0 Å². The first-order chi connectivity index (χ1) is 12.5. The van der Waals surface area contributed by atoms with Crippen LogP contribution in [0.3, 0.4) is 0 Å². The molecule has 1 aromatic carbocycles. The SMILES string of the molecule is Cc1nnc(NC(=O)CCc2csc(NC(=O)c3ccc(Cl)cc3)n2)s1. The number of carbonyl (C=O) groups excluding carboxylic acids is 2. The van der Waals surface area contributed by atoms with E-state index in [-0.39, 0.29) is 18.2 Å². The number of halogens is 1. The molecule has 2 amide bonds. The zero-order valence-corrected chi connectivity index (χ0v) is 16.0. The molecule has 26 heavy (non-hydrogen) atoms. The molecule has 0 radical (unpaired) electrons. The number of nitrogens with zero attached hydrogens (tertiary/aromatic N) is 3. The van der Waals surface area contributed by atoms with E-state index < -0.39 is 0 Å². The Morgan fingerprint density at radius 2 is 1.88 bits per heavy atom. The molecule has 0 aliphatic rings. The molecule has 2 aromatic heterocycles. The van der Waals surface area contributed by atoms with Crippen LogP contribution in [0.15, 0.2) is 29.6 Å². The highest BCUT2D eigenvalue weighted by molar-refractivity contribution is 7.15. The predicted octanol–water partition coefficient (Wildman–Crippen LogP) is 3.78. The number of carbonyl (C=O) groups is 2. The van der Waals surface area contributed by atoms with E-state index in [1.54, 1.807) is 24.3 Å². The van der Waals surface area contributed by atoms with Crippen molar-refractivity contribution in [3.63, 3.8) is 0 Å². The van der Waals surface area contributed by atoms with Crippen molar-refractivity contribution in [1.29, 1.82) is 0 Å². The van der Waals surface area contributed by atoms with Gasteiger partial charge in [-0.05, 0) is 37.6 Å². The molecule has 0 aliphatic heterocycles. The highest BCUT2D eigenvalue weighted by Crippen LogP contribution is 2.19. The van der Waals surface area contributed by atoms with Crippen LogP contribution in [0.4, 0.5) is 10.3 Å². The van der Waals surface area contributed by atoms with Crippen LogP contribution in [0.5, 0.6) is 0 Å². The van der Waals surface area contributed by atoms with Gasteiger partial charge in [0.1, 0.15) is 5.01 Å². The largest absolute Gasteiger partial charge is 0.301 e. The van der Waals surface area contributed by atoms with E-state index in [4.69, 9.17) is 11.6 Å². The summed E-state index contributed by atoms with van der Waals surface area (Å²) in [5.41, 5.74) is 1.24. The molecule has 10 heteroatoms. The van der Waals surface area contributed by atoms with Gasteiger partial charge < -0.3 is 5.32 Å². The van der Waals surface area contributed by atoms with Crippen molar-refractivity contribution in [3.05, 3.63) is 50.9 Å². The quantitative estimate of drug-likeness (QED) is 0.648. The number of nitrogens with one attached hydrogen (secondary N) is 2. The normalized spacial score (nSPS) is 10.5. The lowest BCUT2D eigenvalue weighted by Crippen LogP contribution is -2.13. The Morgan fingerprint density at radius 1 is 1.12 bits per heavy atom. The average Bonchev–Trinajstić information content (AvgIpc) is 3.22. The molecule has 0 aliphatic carbocycles. The fourth-order valence-electron chi connectivity index (χ4n) is 2.02. The van der Waals surface area contributed by atoms with Crippen molar-refractivity contribution in [2.24, 2.45) is 0 Å².